The van der Waals surface area contributed by atoms with Crippen molar-refractivity contribution in [3.05, 3.63) is 33.8 Å². The number of hydrogen-bond acceptors (Lipinski definition) is 2. The van der Waals surface area contributed by atoms with E-state index in [9.17, 15) is 4.79 Å². The topological polar surface area (TPSA) is 46.3 Å². The van der Waals surface area contributed by atoms with Crippen molar-refractivity contribution in [1.29, 1.82) is 0 Å². The molecule has 0 radical (unpaired) electrons. The lowest BCUT2D eigenvalue weighted by Crippen LogP contribution is -2.40. The van der Waals surface area contributed by atoms with Crippen LogP contribution in [0, 0.1) is 6.92 Å². The Balaban J connectivity index is 2.22. The summed E-state index contributed by atoms with van der Waals surface area (Å²) in [6, 6.07) is 5.95. The fourth-order valence-electron chi connectivity index (χ4n) is 2.14. The molecule has 3 nitrogen and oxygen atoms in total. The normalized spacial score (nSPS) is 24.1. The van der Waals surface area contributed by atoms with Crippen LogP contribution in [0.4, 0.5) is 0 Å². The molecule has 2 N–H and O–H groups in total. The summed E-state index contributed by atoms with van der Waals surface area (Å²) in [7, 11) is 0. The average Bonchev–Trinajstić information content (AvgIpc) is 2.63. The third-order valence-electron chi connectivity index (χ3n) is 3.49. The largest absolute Gasteiger partial charge is 0.334 e. The molecule has 1 heterocycles. The first-order chi connectivity index (χ1) is 8.00. The summed E-state index contributed by atoms with van der Waals surface area (Å²) in [4.78, 5) is 14.2. The number of aryl methyl sites for hydroxylation is 1. The van der Waals surface area contributed by atoms with Gasteiger partial charge in [-0.25, -0.2) is 0 Å². The molecule has 2 rings (SSSR count). The fraction of sp³-hybridized carbons (Fsp3) is 0.462. The Hall–Kier alpha value is -0.870. The Kier molecular flexibility index (Phi) is 3.54. The molecule has 1 amide bonds. The molecule has 2 atom stereocenters. The monoisotopic (exact) mass is 296 g/mol. The van der Waals surface area contributed by atoms with E-state index in [1.54, 1.807) is 0 Å². The Labute approximate surface area is 110 Å². The van der Waals surface area contributed by atoms with Crippen LogP contribution < -0.4 is 5.73 Å². The molecular weight excluding hydrogens is 280 g/mol. The number of halogens is 1. The van der Waals surface area contributed by atoms with Crippen molar-refractivity contribution >= 4 is 21.8 Å². The minimum absolute atomic E-state index is 0.0751. The Bertz CT molecular complexity index is 447. The van der Waals surface area contributed by atoms with E-state index in [-0.39, 0.29) is 18.0 Å². The highest BCUT2D eigenvalue weighted by Gasteiger charge is 2.31. The number of benzene rings is 1. The summed E-state index contributed by atoms with van der Waals surface area (Å²) < 4.78 is 0.972. The second-order valence-electron chi connectivity index (χ2n) is 4.66. The average molecular weight is 297 g/mol. The Morgan fingerprint density at radius 1 is 1.53 bits per heavy atom. The number of carbonyl (C=O) groups is 1. The molecule has 0 aromatic heterocycles. The van der Waals surface area contributed by atoms with Gasteiger partial charge in [0.25, 0.3) is 5.91 Å². The summed E-state index contributed by atoms with van der Waals surface area (Å²) in [5.74, 6) is 0.0751. The van der Waals surface area contributed by atoms with Gasteiger partial charge >= 0.3 is 0 Å². The van der Waals surface area contributed by atoms with Crippen molar-refractivity contribution in [2.75, 3.05) is 6.54 Å². The van der Waals surface area contributed by atoms with Crippen molar-refractivity contribution < 1.29 is 4.79 Å². The predicted molar refractivity (Wildman–Crippen MR) is 72.0 cm³/mol. The molecule has 1 fully saturated rings. The van der Waals surface area contributed by atoms with E-state index < -0.39 is 0 Å². The highest BCUT2D eigenvalue weighted by Crippen LogP contribution is 2.22. The van der Waals surface area contributed by atoms with Crippen LogP contribution in [0.25, 0.3) is 0 Å². The van der Waals surface area contributed by atoms with E-state index in [0.717, 1.165) is 28.6 Å². The van der Waals surface area contributed by atoms with E-state index in [1.165, 1.54) is 0 Å². The molecule has 4 heteroatoms. The van der Waals surface area contributed by atoms with Gasteiger partial charge in [0.15, 0.2) is 0 Å². The van der Waals surface area contributed by atoms with Gasteiger partial charge in [-0.1, -0.05) is 22.0 Å². The van der Waals surface area contributed by atoms with E-state index >= 15 is 0 Å². The molecule has 1 saturated heterocycles. The maximum Gasteiger partial charge on any atom is 0.254 e. The van der Waals surface area contributed by atoms with Crippen LogP contribution in [0.15, 0.2) is 22.7 Å². The van der Waals surface area contributed by atoms with Crippen LogP contribution in [0.1, 0.15) is 29.3 Å². The van der Waals surface area contributed by atoms with E-state index in [4.69, 9.17) is 5.73 Å². The zero-order valence-electron chi connectivity index (χ0n) is 10.1. The van der Waals surface area contributed by atoms with Crippen LogP contribution in [0.2, 0.25) is 0 Å². The Morgan fingerprint density at radius 2 is 2.24 bits per heavy atom. The maximum absolute atomic E-state index is 12.3. The van der Waals surface area contributed by atoms with Crippen molar-refractivity contribution in [2.24, 2.45) is 5.73 Å². The minimum atomic E-state index is 0.0751. The number of nitrogens with two attached hydrogens (primary N) is 1. The SMILES string of the molecule is Cc1ccc(C(=O)N2CCC(N)C2C)cc1Br. The first-order valence-corrected chi connectivity index (χ1v) is 6.62. The molecule has 0 bridgehead atoms. The van der Waals surface area contributed by atoms with Gasteiger partial charge < -0.3 is 10.6 Å². The molecule has 0 spiro atoms. The fourth-order valence-corrected chi connectivity index (χ4v) is 2.52. The van der Waals surface area contributed by atoms with Gasteiger partial charge in [-0.15, -0.1) is 0 Å². The Morgan fingerprint density at radius 3 is 2.76 bits per heavy atom. The maximum atomic E-state index is 12.3. The summed E-state index contributed by atoms with van der Waals surface area (Å²) >= 11 is 3.45. The standard InChI is InChI=1S/C13H17BrN2O/c1-8-3-4-10(7-11(8)14)13(17)16-6-5-12(15)9(16)2/h3-4,7,9,12H,5-6,15H2,1-2H3. The third kappa shape index (κ3) is 2.38. The summed E-state index contributed by atoms with van der Waals surface area (Å²) in [5, 5.41) is 0. The summed E-state index contributed by atoms with van der Waals surface area (Å²) in [6.07, 6.45) is 0.889. The molecule has 0 aliphatic carbocycles. The number of nitrogens with zero attached hydrogens (tertiary/aromatic N) is 1. The highest BCUT2D eigenvalue weighted by molar-refractivity contribution is 9.10. The van der Waals surface area contributed by atoms with Gasteiger partial charge in [-0.05, 0) is 38.0 Å². The van der Waals surface area contributed by atoms with Gasteiger partial charge in [0.2, 0.25) is 0 Å². The molecule has 1 aromatic rings. The van der Waals surface area contributed by atoms with Gasteiger partial charge in [-0.3, -0.25) is 4.79 Å². The lowest BCUT2D eigenvalue weighted by molar-refractivity contribution is 0.0742. The van der Waals surface area contributed by atoms with Crippen molar-refractivity contribution in [3.8, 4) is 0 Å². The van der Waals surface area contributed by atoms with Crippen molar-refractivity contribution in [3.63, 3.8) is 0 Å². The number of amides is 1. The van der Waals surface area contributed by atoms with Gasteiger partial charge in [0.05, 0.1) is 0 Å². The highest BCUT2D eigenvalue weighted by atomic mass is 79.9. The number of rotatable bonds is 1. The smallest absolute Gasteiger partial charge is 0.254 e. The third-order valence-corrected chi connectivity index (χ3v) is 4.35. The van der Waals surface area contributed by atoms with Crippen molar-refractivity contribution in [2.45, 2.75) is 32.4 Å². The summed E-state index contributed by atoms with van der Waals surface area (Å²) in [5.41, 5.74) is 7.79. The van der Waals surface area contributed by atoms with Gasteiger partial charge in [0, 0.05) is 28.7 Å². The second-order valence-corrected chi connectivity index (χ2v) is 5.51. The van der Waals surface area contributed by atoms with Crippen molar-refractivity contribution in [1.82, 2.24) is 4.90 Å². The lowest BCUT2D eigenvalue weighted by atomic mass is 10.1. The summed E-state index contributed by atoms with van der Waals surface area (Å²) in [6.45, 7) is 4.78. The van der Waals surface area contributed by atoms with Crippen LogP contribution in [-0.2, 0) is 0 Å². The van der Waals surface area contributed by atoms with E-state index in [1.807, 2.05) is 36.9 Å². The van der Waals surface area contributed by atoms with E-state index in [2.05, 4.69) is 15.9 Å². The zero-order chi connectivity index (χ0) is 12.6. The second kappa shape index (κ2) is 4.78. The molecule has 2 unspecified atom stereocenters. The first-order valence-electron chi connectivity index (χ1n) is 5.83. The van der Waals surface area contributed by atoms with Gasteiger partial charge in [-0.2, -0.15) is 0 Å². The zero-order valence-corrected chi connectivity index (χ0v) is 11.7. The minimum Gasteiger partial charge on any atom is -0.334 e. The quantitative estimate of drug-likeness (QED) is 0.864. The first kappa shape index (κ1) is 12.6. The molecule has 92 valence electrons. The molecule has 1 aliphatic rings. The predicted octanol–water partition coefficient (Wildman–Crippen LogP) is 2.32. The molecule has 1 aliphatic heterocycles. The van der Waals surface area contributed by atoms with Crippen LogP contribution in [0.5, 0.6) is 0 Å². The van der Waals surface area contributed by atoms with Gasteiger partial charge in [0.1, 0.15) is 0 Å². The van der Waals surface area contributed by atoms with Crippen LogP contribution >= 0.6 is 15.9 Å². The number of carbonyl (C=O) groups excluding carboxylic acids is 1. The molecular formula is C13H17BrN2O. The van der Waals surface area contributed by atoms with E-state index in [0.29, 0.717) is 0 Å². The number of likely N-dealkylation sites (tertiary alicyclic amines) is 1. The molecule has 1 aromatic carbocycles. The molecule has 0 saturated carbocycles. The lowest BCUT2D eigenvalue weighted by Gasteiger charge is -2.23. The molecule has 17 heavy (non-hydrogen) atoms. The van der Waals surface area contributed by atoms with Crippen LogP contribution in [0.3, 0.4) is 0 Å². The van der Waals surface area contributed by atoms with Crippen LogP contribution in [-0.4, -0.2) is 29.4 Å². The number of hydrogen-bond donors (Lipinski definition) is 1.